The SMILES string of the molecule is Clc1ccccc1COc1ccc(Br)cc1C=NNc1ccccc1. The summed E-state index contributed by atoms with van der Waals surface area (Å²) in [5, 5.41) is 4.98. The Labute approximate surface area is 160 Å². The van der Waals surface area contributed by atoms with E-state index < -0.39 is 0 Å². The van der Waals surface area contributed by atoms with Gasteiger partial charge in [-0.25, -0.2) is 0 Å². The van der Waals surface area contributed by atoms with E-state index in [0.29, 0.717) is 11.6 Å². The monoisotopic (exact) mass is 414 g/mol. The first kappa shape index (κ1) is 17.5. The zero-order valence-corrected chi connectivity index (χ0v) is 15.7. The number of benzene rings is 3. The average Bonchev–Trinajstić information content (AvgIpc) is 2.63. The minimum Gasteiger partial charge on any atom is -0.488 e. The van der Waals surface area contributed by atoms with Crippen LogP contribution in [0.1, 0.15) is 11.1 Å². The number of hydrogen-bond acceptors (Lipinski definition) is 3. The minimum atomic E-state index is 0.397. The van der Waals surface area contributed by atoms with Gasteiger partial charge in [0.1, 0.15) is 12.4 Å². The standard InChI is InChI=1S/C20H16BrClN2O/c21-17-10-11-20(25-14-15-6-4-5-9-19(15)22)16(12-17)13-23-24-18-7-2-1-3-8-18/h1-13,24H,14H2. The van der Waals surface area contributed by atoms with Crippen molar-refractivity contribution in [2.75, 3.05) is 5.43 Å². The molecule has 3 aromatic rings. The van der Waals surface area contributed by atoms with Crippen LogP contribution in [0.5, 0.6) is 5.75 Å². The summed E-state index contributed by atoms with van der Waals surface area (Å²) >= 11 is 9.67. The fourth-order valence-electron chi connectivity index (χ4n) is 2.21. The van der Waals surface area contributed by atoms with Crippen molar-refractivity contribution >= 4 is 39.4 Å². The van der Waals surface area contributed by atoms with E-state index in [9.17, 15) is 0 Å². The van der Waals surface area contributed by atoms with E-state index in [1.807, 2.05) is 72.8 Å². The van der Waals surface area contributed by atoms with Crippen LogP contribution >= 0.6 is 27.5 Å². The third kappa shape index (κ3) is 5.08. The van der Waals surface area contributed by atoms with Crippen LogP contribution in [0, 0.1) is 0 Å². The van der Waals surface area contributed by atoms with Gasteiger partial charge in [0, 0.05) is 20.6 Å². The molecule has 5 heteroatoms. The highest BCUT2D eigenvalue weighted by molar-refractivity contribution is 9.10. The van der Waals surface area contributed by atoms with Crippen LogP contribution in [0.15, 0.2) is 82.4 Å². The molecule has 1 N–H and O–H groups in total. The number of halogens is 2. The summed E-state index contributed by atoms with van der Waals surface area (Å²) in [4.78, 5) is 0. The molecule has 0 aliphatic heterocycles. The van der Waals surface area contributed by atoms with Crippen LogP contribution in [0.25, 0.3) is 0 Å². The van der Waals surface area contributed by atoms with Gasteiger partial charge in [-0.1, -0.05) is 63.9 Å². The van der Waals surface area contributed by atoms with Crippen molar-refractivity contribution in [1.82, 2.24) is 0 Å². The highest BCUT2D eigenvalue weighted by Gasteiger charge is 2.05. The second-order valence-electron chi connectivity index (χ2n) is 5.30. The van der Waals surface area contributed by atoms with Crippen molar-refractivity contribution in [3.8, 4) is 5.75 Å². The summed E-state index contributed by atoms with van der Waals surface area (Å²) in [6, 6.07) is 23.2. The van der Waals surface area contributed by atoms with Gasteiger partial charge in [-0.3, -0.25) is 5.43 Å². The van der Waals surface area contributed by atoms with Gasteiger partial charge < -0.3 is 4.74 Å². The summed E-state index contributed by atoms with van der Waals surface area (Å²) < 4.78 is 6.89. The molecule has 0 saturated carbocycles. The van der Waals surface area contributed by atoms with Gasteiger partial charge in [0.15, 0.2) is 0 Å². The topological polar surface area (TPSA) is 33.6 Å². The molecule has 0 aromatic heterocycles. The second kappa shape index (κ2) is 8.70. The van der Waals surface area contributed by atoms with Crippen molar-refractivity contribution in [1.29, 1.82) is 0 Å². The summed E-state index contributed by atoms with van der Waals surface area (Å²) in [6.07, 6.45) is 1.74. The normalized spacial score (nSPS) is 10.8. The first-order valence-electron chi connectivity index (χ1n) is 7.72. The number of rotatable bonds is 6. The first-order valence-corrected chi connectivity index (χ1v) is 8.89. The maximum absolute atomic E-state index is 6.18. The highest BCUT2D eigenvalue weighted by Crippen LogP contribution is 2.24. The van der Waals surface area contributed by atoms with Gasteiger partial charge in [0.05, 0.1) is 11.9 Å². The first-order chi connectivity index (χ1) is 12.2. The molecule has 3 rings (SSSR count). The van der Waals surface area contributed by atoms with E-state index in [4.69, 9.17) is 16.3 Å². The van der Waals surface area contributed by atoms with Crippen molar-refractivity contribution < 1.29 is 4.74 Å². The van der Waals surface area contributed by atoms with Gasteiger partial charge in [0.2, 0.25) is 0 Å². The Bertz CT molecular complexity index is 869. The predicted molar refractivity (Wildman–Crippen MR) is 108 cm³/mol. The number of hydrazone groups is 1. The molecule has 3 aromatic carbocycles. The van der Waals surface area contributed by atoms with E-state index in [-0.39, 0.29) is 0 Å². The number of ether oxygens (including phenoxy) is 1. The van der Waals surface area contributed by atoms with E-state index in [2.05, 4.69) is 26.5 Å². The predicted octanol–water partition coefficient (Wildman–Crippen LogP) is 6.13. The van der Waals surface area contributed by atoms with Crippen LogP contribution in [0.4, 0.5) is 5.69 Å². The molecular weight excluding hydrogens is 400 g/mol. The zero-order valence-electron chi connectivity index (χ0n) is 13.3. The van der Waals surface area contributed by atoms with Crippen LogP contribution < -0.4 is 10.2 Å². The molecule has 0 saturated heterocycles. The van der Waals surface area contributed by atoms with Gasteiger partial charge >= 0.3 is 0 Å². The zero-order chi connectivity index (χ0) is 17.5. The van der Waals surface area contributed by atoms with Crippen molar-refractivity contribution in [3.05, 3.63) is 93.4 Å². The molecule has 0 unspecified atom stereocenters. The molecule has 0 heterocycles. The largest absolute Gasteiger partial charge is 0.488 e. The highest BCUT2D eigenvalue weighted by atomic mass is 79.9. The molecule has 0 bridgehead atoms. The molecule has 0 radical (unpaired) electrons. The Kier molecular flexibility index (Phi) is 6.09. The number of nitrogens with one attached hydrogen (secondary N) is 1. The van der Waals surface area contributed by atoms with E-state index in [0.717, 1.165) is 27.0 Å². The third-order valence-electron chi connectivity index (χ3n) is 3.48. The second-order valence-corrected chi connectivity index (χ2v) is 6.62. The summed E-state index contributed by atoms with van der Waals surface area (Å²) in [5.74, 6) is 0.738. The Morgan fingerprint density at radius 1 is 1.00 bits per heavy atom. The number of anilines is 1. The molecule has 3 nitrogen and oxygen atoms in total. The Morgan fingerprint density at radius 3 is 2.56 bits per heavy atom. The van der Waals surface area contributed by atoms with E-state index in [1.54, 1.807) is 6.21 Å². The number of hydrogen-bond donors (Lipinski definition) is 1. The smallest absolute Gasteiger partial charge is 0.128 e. The number of para-hydroxylation sites is 1. The van der Waals surface area contributed by atoms with Crippen molar-refractivity contribution in [3.63, 3.8) is 0 Å². The van der Waals surface area contributed by atoms with Crippen LogP contribution in [0.2, 0.25) is 5.02 Å². The number of nitrogens with zero attached hydrogens (tertiary/aromatic N) is 1. The van der Waals surface area contributed by atoms with Crippen LogP contribution in [-0.4, -0.2) is 6.21 Å². The van der Waals surface area contributed by atoms with Gasteiger partial charge in [-0.15, -0.1) is 0 Å². The minimum absolute atomic E-state index is 0.397. The lowest BCUT2D eigenvalue weighted by atomic mass is 10.2. The Balaban J connectivity index is 1.73. The van der Waals surface area contributed by atoms with Gasteiger partial charge in [-0.05, 0) is 36.4 Å². The van der Waals surface area contributed by atoms with Crippen molar-refractivity contribution in [2.45, 2.75) is 6.61 Å². The molecule has 0 atom stereocenters. The molecule has 0 fully saturated rings. The lowest BCUT2D eigenvalue weighted by molar-refractivity contribution is 0.306. The summed E-state index contributed by atoms with van der Waals surface area (Å²) in [6.45, 7) is 0.397. The fourth-order valence-corrected chi connectivity index (χ4v) is 2.78. The molecule has 126 valence electrons. The summed E-state index contributed by atoms with van der Waals surface area (Å²) in [7, 11) is 0. The maximum atomic E-state index is 6.18. The molecule has 25 heavy (non-hydrogen) atoms. The van der Waals surface area contributed by atoms with Gasteiger partial charge in [0.25, 0.3) is 0 Å². The summed E-state index contributed by atoms with van der Waals surface area (Å²) in [5.41, 5.74) is 5.73. The molecule has 0 amide bonds. The Morgan fingerprint density at radius 2 is 1.76 bits per heavy atom. The van der Waals surface area contributed by atoms with Crippen LogP contribution in [-0.2, 0) is 6.61 Å². The molecule has 0 aliphatic carbocycles. The Hall–Kier alpha value is -2.30. The lowest BCUT2D eigenvalue weighted by Crippen LogP contribution is -2.00. The molecule has 0 aliphatic rings. The molecule has 0 spiro atoms. The third-order valence-corrected chi connectivity index (χ3v) is 4.35. The quantitative estimate of drug-likeness (QED) is 0.388. The van der Waals surface area contributed by atoms with E-state index in [1.165, 1.54) is 0 Å². The van der Waals surface area contributed by atoms with Gasteiger partial charge in [-0.2, -0.15) is 5.10 Å². The maximum Gasteiger partial charge on any atom is 0.128 e. The lowest BCUT2D eigenvalue weighted by Gasteiger charge is -2.10. The van der Waals surface area contributed by atoms with Crippen molar-refractivity contribution in [2.24, 2.45) is 5.10 Å². The van der Waals surface area contributed by atoms with E-state index >= 15 is 0 Å². The fraction of sp³-hybridized carbons (Fsp3) is 0.0500. The molecular formula is C20H16BrClN2O. The average molecular weight is 416 g/mol. The van der Waals surface area contributed by atoms with Crippen LogP contribution in [0.3, 0.4) is 0 Å².